The number of aromatic amines is 1. The Morgan fingerprint density at radius 2 is 2.15 bits per heavy atom. The van der Waals surface area contributed by atoms with Crippen LogP contribution in [-0.4, -0.2) is 70.8 Å². The molecule has 140 valence electrons. The molecule has 0 radical (unpaired) electrons. The second-order valence-electron chi connectivity index (χ2n) is 6.23. The quantitative estimate of drug-likeness (QED) is 0.728. The molecule has 1 aliphatic rings. The van der Waals surface area contributed by atoms with Crippen LogP contribution in [0.1, 0.15) is 12.7 Å². The smallest absolute Gasteiger partial charge is 0.258 e. The normalized spacial score (nSPS) is 15.1. The van der Waals surface area contributed by atoms with Gasteiger partial charge in [-0.25, -0.2) is 4.98 Å². The summed E-state index contributed by atoms with van der Waals surface area (Å²) in [5, 5.41) is 4.59. The van der Waals surface area contributed by atoms with Crippen molar-refractivity contribution >= 4 is 28.2 Å². The minimum absolute atomic E-state index is 0.118. The molecule has 7 nitrogen and oxygen atoms in total. The van der Waals surface area contributed by atoms with Gasteiger partial charge in [-0.05, 0) is 31.3 Å². The molecule has 1 aliphatic heterocycles. The van der Waals surface area contributed by atoms with E-state index in [9.17, 15) is 4.79 Å². The van der Waals surface area contributed by atoms with E-state index in [1.165, 1.54) is 0 Å². The van der Waals surface area contributed by atoms with Crippen LogP contribution in [0.2, 0.25) is 0 Å². The Morgan fingerprint density at radius 1 is 1.38 bits per heavy atom. The number of benzene rings is 1. The van der Waals surface area contributed by atoms with Crippen LogP contribution in [0.5, 0.6) is 0 Å². The maximum Gasteiger partial charge on any atom is 0.258 e. The van der Waals surface area contributed by atoms with Gasteiger partial charge in [0.2, 0.25) is 0 Å². The second-order valence-corrected chi connectivity index (χ2v) is 6.62. The highest BCUT2D eigenvalue weighted by Crippen LogP contribution is 2.07. The Bertz CT molecular complexity index is 804. The molecule has 1 aromatic heterocycles. The van der Waals surface area contributed by atoms with E-state index in [2.05, 4.69) is 20.2 Å². The van der Waals surface area contributed by atoms with Crippen LogP contribution in [0.4, 0.5) is 0 Å². The van der Waals surface area contributed by atoms with Gasteiger partial charge in [0.05, 0.1) is 30.7 Å². The number of thiocarbonyl (C=S) groups is 1. The predicted octanol–water partition coefficient (Wildman–Crippen LogP) is 0.952. The molecular weight excluding hydrogens is 350 g/mol. The first-order chi connectivity index (χ1) is 12.7. The standard InChI is InChI=1S/C18H25N5O2S/c1-2-23(18(26)19-7-8-22-9-11-25-12-10-22)13-16-20-15-6-4-3-5-14(15)17(24)21-16/h3-6H,2,7-13H2,1H3,(H,19,26)(H,20,21,24). The summed E-state index contributed by atoms with van der Waals surface area (Å²) in [7, 11) is 0. The van der Waals surface area contributed by atoms with Gasteiger partial charge in [-0.1, -0.05) is 12.1 Å². The zero-order valence-electron chi connectivity index (χ0n) is 15.0. The van der Waals surface area contributed by atoms with Gasteiger partial charge in [-0.2, -0.15) is 0 Å². The van der Waals surface area contributed by atoms with E-state index in [0.29, 0.717) is 28.4 Å². The molecule has 0 atom stereocenters. The molecule has 0 bridgehead atoms. The lowest BCUT2D eigenvalue weighted by Crippen LogP contribution is -2.45. The minimum Gasteiger partial charge on any atom is -0.379 e. The lowest BCUT2D eigenvalue weighted by Gasteiger charge is -2.28. The third-order valence-corrected chi connectivity index (χ3v) is 4.88. The van der Waals surface area contributed by atoms with Crippen molar-refractivity contribution in [2.24, 2.45) is 0 Å². The molecule has 8 heteroatoms. The molecule has 26 heavy (non-hydrogen) atoms. The Hall–Kier alpha value is -2.03. The highest BCUT2D eigenvalue weighted by molar-refractivity contribution is 7.80. The number of rotatable bonds is 6. The number of ether oxygens (including phenoxy) is 1. The monoisotopic (exact) mass is 375 g/mol. The van der Waals surface area contributed by atoms with Crippen LogP contribution in [0.15, 0.2) is 29.1 Å². The third-order valence-electron chi connectivity index (χ3n) is 4.48. The summed E-state index contributed by atoms with van der Waals surface area (Å²) in [6.45, 7) is 8.50. The second kappa shape index (κ2) is 9.07. The van der Waals surface area contributed by atoms with Crippen molar-refractivity contribution in [1.29, 1.82) is 0 Å². The molecule has 3 rings (SSSR count). The summed E-state index contributed by atoms with van der Waals surface area (Å²) in [5.74, 6) is 0.618. The summed E-state index contributed by atoms with van der Waals surface area (Å²) in [6, 6.07) is 7.35. The van der Waals surface area contributed by atoms with Crippen molar-refractivity contribution in [2.45, 2.75) is 13.5 Å². The zero-order valence-corrected chi connectivity index (χ0v) is 15.8. The molecule has 1 aromatic carbocycles. The van der Waals surface area contributed by atoms with E-state index in [0.717, 1.165) is 45.9 Å². The molecule has 0 amide bonds. The first-order valence-electron chi connectivity index (χ1n) is 8.98. The fourth-order valence-electron chi connectivity index (χ4n) is 2.98. The van der Waals surface area contributed by atoms with Crippen molar-refractivity contribution in [3.8, 4) is 0 Å². The van der Waals surface area contributed by atoms with Crippen LogP contribution in [-0.2, 0) is 11.3 Å². The van der Waals surface area contributed by atoms with Crippen molar-refractivity contribution in [3.05, 3.63) is 40.4 Å². The zero-order chi connectivity index (χ0) is 18.4. The molecular formula is C18H25N5O2S. The molecule has 0 spiro atoms. The molecule has 1 saturated heterocycles. The Morgan fingerprint density at radius 3 is 2.92 bits per heavy atom. The molecule has 2 N–H and O–H groups in total. The van der Waals surface area contributed by atoms with Crippen molar-refractivity contribution < 1.29 is 4.74 Å². The third kappa shape index (κ3) is 4.78. The molecule has 2 heterocycles. The average molecular weight is 375 g/mol. The number of nitrogens with one attached hydrogen (secondary N) is 2. The molecule has 0 aliphatic carbocycles. The van der Waals surface area contributed by atoms with E-state index in [1.807, 2.05) is 30.0 Å². The van der Waals surface area contributed by atoms with Gasteiger partial charge in [0, 0.05) is 32.7 Å². The summed E-state index contributed by atoms with van der Waals surface area (Å²) >= 11 is 5.52. The maximum atomic E-state index is 12.2. The van der Waals surface area contributed by atoms with Gasteiger partial charge >= 0.3 is 0 Å². The van der Waals surface area contributed by atoms with Gasteiger partial charge in [-0.3, -0.25) is 9.69 Å². The van der Waals surface area contributed by atoms with Crippen molar-refractivity contribution in [2.75, 3.05) is 45.9 Å². The Kier molecular flexibility index (Phi) is 6.54. The van der Waals surface area contributed by atoms with Crippen molar-refractivity contribution in [1.82, 2.24) is 25.1 Å². The van der Waals surface area contributed by atoms with Gasteiger partial charge in [0.25, 0.3) is 5.56 Å². The van der Waals surface area contributed by atoms with Crippen LogP contribution in [0.25, 0.3) is 10.9 Å². The largest absolute Gasteiger partial charge is 0.379 e. The number of hydrogen-bond donors (Lipinski definition) is 2. The predicted molar refractivity (Wildman–Crippen MR) is 106 cm³/mol. The fourth-order valence-corrected chi connectivity index (χ4v) is 3.27. The lowest BCUT2D eigenvalue weighted by molar-refractivity contribution is 0.0388. The van der Waals surface area contributed by atoms with Crippen LogP contribution >= 0.6 is 12.2 Å². The van der Waals surface area contributed by atoms with E-state index < -0.39 is 0 Å². The molecule has 2 aromatic rings. The van der Waals surface area contributed by atoms with Crippen LogP contribution < -0.4 is 10.9 Å². The number of H-pyrrole nitrogens is 1. The summed E-state index contributed by atoms with van der Waals surface area (Å²) < 4.78 is 5.36. The summed E-state index contributed by atoms with van der Waals surface area (Å²) in [6.07, 6.45) is 0. The number of morpholine rings is 1. The fraction of sp³-hybridized carbons (Fsp3) is 0.500. The summed E-state index contributed by atoms with van der Waals surface area (Å²) in [4.78, 5) is 24.0. The number of fused-ring (bicyclic) bond motifs is 1. The number of hydrogen-bond acceptors (Lipinski definition) is 5. The first kappa shape index (κ1) is 18.8. The number of aromatic nitrogens is 2. The van der Waals surface area contributed by atoms with Gasteiger partial charge < -0.3 is 19.9 Å². The van der Waals surface area contributed by atoms with E-state index in [-0.39, 0.29) is 5.56 Å². The van der Waals surface area contributed by atoms with Crippen LogP contribution in [0.3, 0.4) is 0 Å². The highest BCUT2D eigenvalue weighted by atomic mass is 32.1. The number of para-hydroxylation sites is 1. The topological polar surface area (TPSA) is 73.5 Å². The Balaban J connectivity index is 1.58. The van der Waals surface area contributed by atoms with Gasteiger partial charge in [0.1, 0.15) is 5.82 Å². The van der Waals surface area contributed by atoms with Gasteiger partial charge in [-0.15, -0.1) is 0 Å². The van der Waals surface area contributed by atoms with E-state index >= 15 is 0 Å². The highest BCUT2D eigenvalue weighted by Gasteiger charge is 2.13. The lowest BCUT2D eigenvalue weighted by atomic mass is 10.2. The Labute approximate surface area is 158 Å². The van der Waals surface area contributed by atoms with E-state index in [1.54, 1.807) is 6.07 Å². The first-order valence-corrected chi connectivity index (χ1v) is 9.39. The van der Waals surface area contributed by atoms with E-state index in [4.69, 9.17) is 17.0 Å². The summed E-state index contributed by atoms with van der Waals surface area (Å²) in [5.41, 5.74) is 0.585. The maximum absolute atomic E-state index is 12.2. The minimum atomic E-state index is -0.118. The van der Waals surface area contributed by atoms with Gasteiger partial charge in [0.15, 0.2) is 5.11 Å². The molecule has 0 unspecified atom stereocenters. The molecule has 1 fully saturated rings. The molecule has 0 saturated carbocycles. The average Bonchev–Trinajstić information content (AvgIpc) is 2.67. The van der Waals surface area contributed by atoms with Crippen LogP contribution in [0, 0.1) is 0 Å². The SMILES string of the molecule is CCN(Cc1nc2ccccc2c(=O)[nH]1)C(=S)NCCN1CCOCC1. The number of nitrogens with zero attached hydrogens (tertiary/aromatic N) is 3. The van der Waals surface area contributed by atoms with Crippen molar-refractivity contribution in [3.63, 3.8) is 0 Å².